The summed E-state index contributed by atoms with van der Waals surface area (Å²) in [7, 11) is 1.50. The molecule has 3 rings (SSSR count). The lowest BCUT2D eigenvalue weighted by Crippen LogP contribution is -2.23. The Kier molecular flexibility index (Phi) is 6.79. The summed E-state index contributed by atoms with van der Waals surface area (Å²) in [4.78, 5) is 43.1. The van der Waals surface area contributed by atoms with E-state index in [1.54, 1.807) is 24.3 Å². The number of para-hydroxylation sites is 2. The zero-order valence-electron chi connectivity index (χ0n) is 15.5. The van der Waals surface area contributed by atoms with Gasteiger partial charge in [0.1, 0.15) is 5.75 Å². The third kappa shape index (κ3) is 5.21. The van der Waals surface area contributed by atoms with E-state index in [1.807, 2.05) is 0 Å². The smallest absolute Gasteiger partial charge is 0.291 e. The van der Waals surface area contributed by atoms with Gasteiger partial charge in [0.2, 0.25) is 5.91 Å². The van der Waals surface area contributed by atoms with E-state index >= 15 is 0 Å². The highest BCUT2D eigenvalue weighted by Crippen LogP contribution is 2.24. The number of nitrogen functional groups attached to an aromatic ring is 1. The van der Waals surface area contributed by atoms with Crippen LogP contribution >= 0.6 is 27.7 Å². The molecule has 3 aromatic rings. The van der Waals surface area contributed by atoms with Crippen molar-refractivity contribution in [3.05, 3.63) is 57.2 Å². The van der Waals surface area contributed by atoms with Crippen LogP contribution in [0, 0.1) is 0 Å². The maximum Gasteiger partial charge on any atom is 0.291 e. The van der Waals surface area contributed by atoms with Gasteiger partial charge in [0.05, 0.1) is 18.6 Å². The third-order valence-electron chi connectivity index (χ3n) is 3.68. The summed E-state index contributed by atoms with van der Waals surface area (Å²) in [5, 5.41) is 5.20. The number of benzene rings is 1. The number of carbonyl (C=O) groups excluding carboxylic acids is 2. The Morgan fingerprint density at radius 2 is 2.03 bits per heavy atom. The molecule has 0 unspecified atom stereocenters. The number of nitrogens with one attached hydrogen (secondary N) is 3. The lowest BCUT2D eigenvalue weighted by atomic mass is 10.3. The van der Waals surface area contributed by atoms with Crippen LogP contribution in [0.5, 0.6) is 5.75 Å². The van der Waals surface area contributed by atoms with Crippen molar-refractivity contribution in [1.82, 2.24) is 9.97 Å². The number of carbonyl (C=O) groups is 2. The van der Waals surface area contributed by atoms with Gasteiger partial charge in [-0.05, 0) is 40.2 Å². The summed E-state index contributed by atoms with van der Waals surface area (Å²) in [5.74, 6) is -0.692. The molecule has 12 heteroatoms. The predicted molar refractivity (Wildman–Crippen MR) is 116 cm³/mol. The van der Waals surface area contributed by atoms with Crippen LogP contribution in [0.25, 0.3) is 0 Å². The molecule has 0 bridgehead atoms. The minimum atomic E-state index is -0.658. The van der Waals surface area contributed by atoms with Crippen LogP contribution in [0.15, 0.2) is 55.4 Å². The largest absolute Gasteiger partial charge is 0.495 e. The van der Waals surface area contributed by atoms with Crippen LogP contribution in [-0.4, -0.2) is 34.6 Å². The first-order valence-electron chi connectivity index (χ1n) is 8.39. The quantitative estimate of drug-likeness (QED) is 0.289. The van der Waals surface area contributed by atoms with Gasteiger partial charge in [-0.25, -0.2) is 4.98 Å². The zero-order chi connectivity index (χ0) is 21.7. The van der Waals surface area contributed by atoms with Crippen LogP contribution < -0.4 is 26.7 Å². The van der Waals surface area contributed by atoms with E-state index in [9.17, 15) is 14.4 Å². The van der Waals surface area contributed by atoms with Gasteiger partial charge < -0.3 is 25.5 Å². The van der Waals surface area contributed by atoms with Crippen molar-refractivity contribution in [2.24, 2.45) is 0 Å². The van der Waals surface area contributed by atoms with Crippen LogP contribution in [0.2, 0.25) is 0 Å². The molecule has 2 aromatic heterocycles. The number of aromatic nitrogens is 2. The van der Waals surface area contributed by atoms with E-state index in [1.165, 1.54) is 19.2 Å². The highest BCUT2D eigenvalue weighted by molar-refractivity contribution is 9.10. The van der Waals surface area contributed by atoms with Gasteiger partial charge in [0.15, 0.2) is 27.1 Å². The molecule has 0 aliphatic rings. The van der Waals surface area contributed by atoms with Crippen molar-refractivity contribution >= 4 is 56.7 Å². The van der Waals surface area contributed by atoms with E-state index < -0.39 is 11.5 Å². The maximum absolute atomic E-state index is 12.3. The number of thioether (sulfide) groups is 1. The van der Waals surface area contributed by atoms with Crippen molar-refractivity contribution in [3.63, 3.8) is 0 Å². The van der Waals surface area contributed by atoms with E-state index in [0.29, 0.717) is 16.1 Å². The van der Waals surface area contributed by atoms with E-state index in [-0.39, 0.29) is 34.1 Å². The molecule has 0 saturated heterocycles. The molecule has 30 heavy (non-hydrogen) atoms. The summed E-state index contributed by atoms with van der Waals surface area (Å²) >= 11 is 4.07. The second-order valence-corrected chi connectivity index (χ2v) is 7.47. The van der Waals surface area contributed by atoms with Crippen molar-refractivity contribution in [2.45, 2.75) is 5.16 Å². The second kappa shape index (κ2) is 9.50. The second-order valence-electron chi connectivity index (χ2n) is 5.73. The van der Waals surface area contributed by atoms with Crippen molar-refractivity contribution in [3.8, 4) is 5.75 Å². The Morgan fingerprint density at radius 1 is 1.27 bits per heavy atom. The number of anilines is 3. The number of furan rings is 1. The Balaban J connectivity index is 1.64. The SMILES string of the molecule is COc1ccccc1NC(=O)CSc1nc(N)c(NC(=O)c2ccc(Br)o2)c(=O)[nH]1. The fourth-order valence-corrected chi connectivity index (χ4v) is 3.31. The first-order chi connectivity index (χ1) is 14.4. The topological polar surface area (TPSA) is 152 Å². The molecule has 0 fully saturated rings. The first kappa shape index (κ1) is 21.5. The number of methoxy groups -OCH3 is 1. The molecular formula is C18H16BrN5O5S. The van der Waals surface area contributed by atoms with E-state index in [4.69, 9.17) is 14.9 Å². The summed E-state index contributed by atoms with van der Waals surface area (Å²) in [5.41, 5.74) is 5.46. The number of amides is 2. The zero-order valence-corrected chi connectivity index (χ0v) is 17.9. The highest BCUT2D eigenvalue weighted by atomic mass is 79.9. The van der Waals surface area contributed by atoms with Crippen LogP contribution in [0.3, 0.4) is 0 Å². The molecule has 0 aliphatic carbocycles. The molecule has 0 saturated carbocycles. The lowest BCUT2D eigenvalue weighted by molar-refractivity contribution is -0.113. The number of aromatic amines is 1. The minimum absolute atomic E-state index is 0.00728. The molecule has 5 N–H and O–H groups in total. The number of hydrogen-bond donors (Lipinski definition) is 4. The van der Waals surface area contributed by atoms with Gasteiger partial charge >= 0.3 is 0 Å². The molecule has 10 nitrogen and oxygen atoms in total. The van der Waals surface area contributed by atoms with Gasteiger partial charge in [-0.15, -0.1) is 0 Å². The first-order valence-corrected chi connectivity index (χ1v) is 10.2. The summed E-state index contributed by atoms with van der Waals surface area (Å²) in [6.07, 6.45) is 0. The van der Waals surface area contributed by atoms with Crippen molar-refractivity contribution in [1.29, 1.82) is 0 Å². The number of H-pyrrole nitrogens is 1. The number of rotatable bonds is 7. The van der Waals surface area contributed by atoms with Gasteiger partial charge in [0.25, 0.3) is 11.5 Å². The fraction of sp³-hybridized carbons (Fsp3) is 0.111. The molecule has 156 valence electrons. The number of hydrogen-bond acceptors (Lipinski definition) is 8. The van der Waals surface area contributed by atoms with Crippen LogP contribution in [0.1, 0.15) is 10.6 Å². The Bertz CT molecular complexity index is 1150. The van der Waals surface area contributed by atoms with E-state index in [0.717, 1.165) is 11.8 Å². The minimum Gasteiger partial charge on any atom is -0.495 e. The Labute approximate surface area is 182 Å². The fourth-order valence-electron chi connectivity index (χ4n) is 2.34. The van der Waals surface area contributed by atoms with Gasteiger partial charge in [-0.3, -0.25) is 19.4 Å². The summed E-state index contributed by atoms with van der Waals surface area (Å²) < 4.78 is 10.7. The van der Waals surface area contributed by atoms with Crippen molar-refractivity contribution in [2.75, 3.05) is 29.2 Å². The Hall–Kier alpha value is -3.25. The standard InChI is InChI=1S/C18H16BrN5O5S/c1-28-10-5-3-2-4-9(10)21-13(25)8-30-18-23-15(20)14(17(27)24-18)22-16(26)11-6-7-12(19)29-11/h2-7H,8H2,1H3,(H,21,25)(H,22,26)(H3,20,23,24,27). The van der Waals surface area contributed by atoms with Gasteiger partial charge in [0, 0.05) is 0 Å². The molecule has 2 heterocycles. The normalized spacial score (nSPS) is 10.5. The molecule has 1 aromatic carbocycles. The van der Waals surface area contributed by atoms with Crippen molar-refractivity contribution < 1.29 is 18.7 Å². The predicted octanol–water partition coefficient (Wildman–Crippen LogP) is 2.70. The molecular weight excluding hydrogens is 478 g/mol. The van der Waals surface area contributed by atoms with Gasteiger partial charge in [-0.1, -0.05) is 23.9 Å². The van der Waals surface area contributed by atoms with Gasteiger partial charge in [-0.2, -0.15) is 0 Å². The number of nitrogens with two attached hydrogens (primary N) is 1. The van der Waals surface area contributed by atoms with E-state index in [2.05, 4.69) is 36.5 Å². The molecule has 0 radical (unpaired) electrons. The summed E-state index contributed by atoms with van der Waals surface area (Å²) in [6.45, 7) is 0. The average Bonchev–Trinajstić information content (AvgIpc) is 3.16. The highest BCUT2D eigenvalue weighted by Gasteiger charge is 2.17. The number of ether oxygens (including phenoxy) is 1. The van der Waals surface area contributed by atoms with Crippen LogP contribution in [0.4, 0.5) is 17.2 Å². The number of halogens is 1. The monoisotopic (exact) mass is 493 g/mol. The summed E-state index contributed by atoms with van der Waals surface area (Å²) in [6, 6.07) is 9.94. The molecule has 0 spiro atoms. The lowest BCUT2D eigenvalue weighted by Gasteiger charge is -2.10. The molecule has 0 aliphatic heterocycles. The van der Waals surface area contributed by atoms with Crippen LogP contribution in [-0.2, 0) is 4.79 Å². The molecule has 0 atom stereocenters. The number of nitrogens with zero attached hydrogens (tertiary/aromatic N) is 1. The maximum atomic E-state index is 12.3. The third-order valence-corrected chi connectivity index (χ3v) is 4.98. The Morgan fingerprint density at radius 3 is 2.70 bits per heavy atom. The average molecular weight is 494 g/mol. The molecule has 2 amide bonds.